The van der Waals surface area contributed by atoms with Crippen molar-refractivity contribution in [3.05, 3.63) is 23.4 Å². The number of hydrogen-bond acceptors (Lipinski definition) is 4. The SMILES string of the molecule is CCN(CC(=O)NC)c1nccc(C)c1C#N. The van der Waals surface area contributed by atoms with E-state index in [9.17, 15) is 4.79 Å². The topological polar surface area (TPSA) is 69.0 Å². The van der Waals surface area contributed by atoms with Crippen LogP contribution in [0.3, 0.4) is 0 Å². The molecule has 0 aliphatic rings. The molecule has 0 atom stereocenters. The Bertz CT molecular complexity index is 450. The van der Waals surface area contributed by atoms with Crippen molar-refractivity contribution in [3.63, 3.8) is 0 Å². The van der Waals surface area contributed by atoms with E-state index in [-0.39, 0.29) is 12.5 Å². The monoisotopic (exact) mass is 232 g/mol. The summed E-state index contributed by atoms with van der Waals surface area (Å²) in [5.41, 5.74) is 1.39. The van der Waals surface area contributed by atoms with Gasteiger partial charge in [-0.3, -0.25) is 4.79 Å². The van der Waals surface area contributed by atoms with Gasteiger partial charge in [-0.05, 0) is 25.5 Å². The maximum absolute atomic E-state index is 11.4. The molecule has 1 heterocycles. The lowest BCUT2D eigenvalue weighted by Gasteiger charge is -2.22. The van der Waals surface area contributed by atoms with E-state index >= 15 is 0 Å². The summed E-state index contributed by atoms with van der Waals surface area (Å²) in [7, 11) is 1.59. The van der Waals surface area contributed by atoms with Crippen molar-refractivity contribution in [1.82, 2.24) is 10.3 Å². The molecule has 17 heavy (non-hydrogen) atoms. The molecule has 1 amide bonds. The number of anilines is 1. The van der Waals surface area contributed by atoms with Crippen molar-refractivity contribution in [2.75, 3.05) is 25.0 Å². The van der Waals surface area contributed by atoms with Gasteiger partial charge in [0.2, 0.25) is 5.91 Å². The van der Waals surface area contributed by atoms with E-state index < -0.39 is 0 Å². The number of nitriles is 1. The molecule has 1 N–H and O–H groups in total. The Balaban J connectivity index is 3.08. The fraction of sp³-hybridized carbons (Fsp3) is 0.417. The number of rotatable bonds is 4. The number of aromatic nitrogens is 1. The van der Waals surface area contributed by atoms with E-state index in [1.807, 2.05) is 13.8 Å². The van der Waals surface area contributed by atoms with Crippen LogP contribution >= 0.6 is 0 Å². The summed E-state index contributed by atoms with van der Waals surface area (Å²) in [5.74, 6) is 0.470. The number of hydrogen-bond donors (Lipinski definition) is 1. The maximum Gasteiger partial charge on any atom is 0.239 e. The Kier molecular flexibility index (Phi) is 4.46. The molecule has 1 rings (SSSR count). The first-order chi connectivity index (χ1) is 8.13. The molecule has 5 nitrogen and oxygen atoms in total. The Morgan fingerprint density at radius 2 is 2.35 bits per heavy atom. The van der Waals surface area contributed by atoms with Crippen LogP contribution in [0.1, 0.15) is 18.1 Å². The largest absolute Gasteiger partial charge is 0.358 e. The van der Waals surface area contributed by atoms with Gasteiger partial charge in [0.15, 0.2) is 0 Å². The average molecular weight is 232 g/mol. The molecule has 0 saturated heterocycles. The molecule has 90 valence electrons. The summed E-state index contributed by atoms with van der Waals surface area (Å²) in [5, 5.41) is 11.7. The summed E-state index contributed by atoms with van der Waals surface area (Å²) in [6, 6.07) is 3.92. The molecule has 0 saturated carbocycles. The molecule has 0 aromatic carbocycles. The van der Waals surface area contributed by atoms with E-state index in [1.165, 1.54) is 0 Å². The first-order valence-corrected chi connectivity index (χ1v) is 5.45. The number of nitrogens with zero attached hydrogens (tertiary/aromatic N) is 3. The zero-order chi connectivity index (χ0) is 12.8. The second kappa shape index (κ2) is 5.85. The second-order valence-electron chi connectivity index (χ2n) is 3.63. The van der Waals surface area contributed by atoms with Crippen LogP contribution in [0.5, 0.6) is 0 Å². The molecule has 0 aliphatic heterocycles. The van der Waals surface area contributed by atoms with Crippen LogP contribution in [0, 0.1) is 18.3 Å². The van der Waals surface area contributed by atoms with Crippen LogP contribution in [0.2, 0.25) is 0 Å². The number of nitrogens with one attached hydrogen (secondary N) is 1. The number of carbonyl (C=O) groups excluding carboxylic acids is 1. The zero-order valence-electron chi connectivity index (χ0n) is 10.3. The Hall–Kier alpha value is -2.09. The van der Waals surface area contributed by atoms with E-state index in [2.05, 4.69) is 16.4 Å². The van der Waals surface area contributed by atoms with Gasteiger partial charge >= 0.3 is 0 Å². The standard InChI is InChI=1S/C12H16N4O/c1-4-16(8-11(17)14-3)12-10(7-13)9(2)5-6-15-12/h5-6H,4,8H2,1-3H3,(H,14,17). The fourth-order valence-electron chi connectivity index (χ4n) is 1.51. The molecular weight excluding hydrogens is 216 g/mol. The van der Waals surface area contributed by atoms with Gasteiger partial charge in [-0.1, -0.05) is 0 Å². The Labute approximate surface area is 101 Å². The van der Waals surface area contributed by atoms with Crippen molar-refractivity contribution in [2.45, 2.75) is 13.8 Å². The molecular formula is C12H16N4O. The second-order valence-corrected chi connectivity index (χ2v) is 3.63. The van der Waals surface area contributed by atoms with Crippen molar-refractivity contribution in [1.29, 1.82) is 5.26 Å². The van der Waals surface area contributed by atoms with E-state index in [0.717, 1.165) is 5.56 Å². The van der Waals surface area contributed by atoms with E-state index in [4.69, 9.17) is 5.26 Å². The van der Waals surface area contributed by atoms with Gasteiger partial charge in [-0.25, -0.2) is 4.98 Å². The summed E-state index contributed by atoms with van der Waals surface area (Å²) in [4.78, 5) is 17.3. The van der Waals surface area contributed by atoms with E-state index in [1.54, 1.807) is 24.2 Å². The van der Waals surface area contributed by atoms with Crippen LogP contribution in [-0.2, 0) is 4.79 Å². The Morgan fingerprint density at radius 1 is 1.65 bits per heavy atom. The third-order valence-corrected chi connectivity index (χ3v) is 2.55. The lowest BCUT2D eigenvalue weighted by Crippen LogP contribution is -2.36. The minimum atomic E-state index is -0.0981. The van der Waals surface area contributed by atoms with Gasteiger partial charge in [-0.15, -0.1) is 0 Å². The average Bonchev–Trinajstić information content (AvgIpc) is 2.35. The molecule has 1 aromatic rings. The van der Waals surface area contributed by atoms with E-state index in [0.29, 0.717) is 17.9 Å². The van der Waals surface area contributed by atoms with Crippen LogP contribution in [0.4, 0.5) is 5.82 Å². The van der Waals surface area contributed by atoms with Crippen molar-refractivity contribution < 1.29 is 4.79 Å². The number of carbonyl (C=O) groups is 1. The molecule has 0 fully saturated rings. The molecule has 0 bridgehead atoms. The van der Waals surface area contributed by atoms with Gasteiger partial charge < -0.3 is 10.2 Å². The first-order valence-electron chi connectivity index (χ1n) is 5.45. The van der Waals surface area contributed by atoms with Gasteiger partial charge in [0, 0.05) is 19.8 Å². The highest BCUT2D eigenvalue weighted by Crippen LogP contribution is 2.19. The highest BCUT2D eigenvalue weighted by molar-refractivity contribution is 5.81. The smallest absolute Gasteiger partial charge is 0.239 e. The Morgan fingerprint density at radius 3 is 2.88 bits per heavy atom. The van der Waals surface area contributed by atoms with Crippen LogP contribution in [-0.4, -0.2) is 31.0 Å². The van der Waals surface area contributed by atoms with Gasteiger partial charge in [0.1, 0.15) is 11.9 Å². The zero-order valence-corrected chi connectivity index (χ0v) is 10.3. The maximum atomic E-state index is 11.4. The first kappa shape index (κ1) is 13.0. The fourth-order valence-corrected chi connectivity index (χ4v) is 1.51. The molecule has 0 unspecified atom stereocenters. The quantitative estimate of drug-likeness (QED) is 0.835. The molecule has 1 aromatic heterocycles. The predicted octanol–water partition coefficient (Wildman–Crippen LogP) is 0.834. The molecule has 5 heteroatoms. The highest BCUT2D eigenvalue weighted by Gasteiger charge is 2.15. The number of pyridine rings is 1. The van der Waals surface area contributed by atoms with Gasteiger partial charge in [-0.2, -0.15) is 5.26 Å². The third kappa shape index (κ3) is 2.94. The lowest BCUT2D eigenvalue weighted by molar-refractivity contribution is -0.119. The minimum absolute atomic E-state index is 0.0981. The highest BCUT2D eigenvalue weighted by atomic mass is 16.1. The van der Waals surface area contributed by atoms with Gasteiger partial charge in [0.25, 0.3) is 0 Å². The van der Waals surface area contributed by atoms with Crippen molar-refractivity contribution in [3.8, 4) is 6.07 Å². The van der Waals surface area contributed by atoms with Crippen molar-refractivity contribution >= 4 is 11.7 Å². The van der Waals surface area contributed by atoms with Crippen molar-refractivity contribution in [2.24, 2.45) is 0 Å². The van der Waals surface area contributed by atoms with Crippen LogP contribution < -0.4 is 10.2 Å². The van der Waals surface area contributed by atoms with Crippen LogP contribution in [0.25, 0.3) is 0 Å². The van der Waals surface area contributed by atoms with Gasteiger partial charge in [0.05, 0.1) is 12.1 Å². The lowest BCUT2D eigenvalue weighted by atomic mass is 10.1. The minimum Gasteiger partial charge on any atom is -0.358 e. The molecule has 0 aliphatic carbocycles. The number of amides is 1. The van der Waals surface area contributed by atoms with Crippen LogP contribution in [0.15, 0.2) is 12.3 Å². The predicted molar refractivity (Wildman–Crippen MR) is 65.6 cm³/mol. The number of aryl methyl sites for hydroxylation is 1. The third-order valence-electron chi connectivity index (χ3n) is 2.55. The summed E-state index contributed by atoms with van der Waals surface area (Å²) in [6.07, 6.45) is 1.65. The summed E-state index contributed by atoms with van der Waals surface area (Å²) < 4.78 is 0. The summed E-state index contributed by atoms with van der Waals surface area (Å²) in [6.45, 7) is 4.61. The molecule has 0 radical (unpaired) electrons. The number of likely N-dealkylation sites (N-methyl/N-ethyl adjacent to an activating group) is 2. The molecule has 0 spiro atoms. The summed E-state index contributed by atoms with van der Waals surface area (Å²) >= 11 is 0. The normalized spacial score (nSPS) is 9.53.